The van der Waals surface area contributed by atoms with Crippen LogP contribution in [-0.2, 0) is 0 Å². The van der Waals surface area contributed by atoms with Crippen LogP contribution in [0.4, 0.5) is 0 Å². The van der Waals surface area contributed by atoms with Crippen LogP contribution in [0.25, 0.3) is 22.4 Å². The minimum Gasteiger partial charge on any atom is -0.294 e. The average Bonchev–Trinajstić information content (AvgIpc) is 2.87. The van der Waals surface area contributed by atoms with Crippen molar-refractivity contribution in [3.8, 4) is 22.4 Å². The van der Waals surface area contributed by atoms with Crippen molar-refractivity contribution in [1.82, 2.24) is 9.78 Å². The number of nitrogens with one attached hydrogen (secondary N) is 1. The third-order valence-electron chi connectivity index (χ3n) is 3.83. The van der Waals surface area contributed by atoms with E-state index >= 15 is 0 Å². The van der Waals surface area contributed by atoms with E-state index in [1.807, 2.05) is 75.4 Å². The van der Waals surface area contributed by atoms with E-state index in [-0.39, 0.29) is 11.6 Å². The zero-order valence-corrected chi connectivity index (χ0v) is 13.1. The Labute approximate surface area is 130 Å². The summed E-state index contributed by atoms with van der Waals surface area (Å²) in [6.07, 6.45) is 0. The number of H-pyrrole nitrogens is 1. The van der Waals surface area contributed by atoms with Crippen molar-refractivity contribution < 1.29 is 0 Å². The van der Waals surface area contributed by atoms with Crippen molar-refractivity contribution in [3.05, 3.63) is 70.5 Å². The summed E-state index contributed by atoms with van der Waals surface area (Å²) >= 11 is 0. The van der Waals surface area contributed by atoms with E-state index in [1.54, 1.807) is 4.68 Å². The molecule has 0 unspecified atom stereocenters. The van der Waals surface area contributed by atoms with Crippen LogP contribution in [0.5, 0.6) is 0 Å². The number of nitrogens with zero attached hydrogens (tertiary/aromatic N) is 1. The molecule has 1 heterocycles. The van der Waals surface area contributed by atoms with Gasteiger partial charge in [-0.25, -0.2) is 4.68 Å². The van der Waals surface area contributed by atoms with E-state index in [0.717, 1.165) is 22.4 Å². The topological polar surface area (TPSA) is 37.8 Å². The van der Waals surface area contributed by atoms with Gasteiger partial charge >= 0.3 is 0 Å². The fourth-order valence-corrected chi connectivity index (χ4v) is 2.62. The first-order valence-electron chi connectivity index (χ1n) is 7.55. The molecular formula is C19H20N2O. The maximum absolute atomic E-state index is 12.8. The summed E-state index contributed by atoms with van der Waals surface area (Å²) in [6, 6.07) is 18.2. The van der Waals surface area contributed by atoms with Crippen LogP contribution in [0.2, 0.25) is 0 Å². The SMILES string of the molecule is Cc1ccc(-c2c(-c3ccccc3)[nH]n(C(C)C)c2=O)cc1. The highest BCUT2D eigenvalue weighted by molar-refractivity contribution is 5.80. The van der Waals surface area contributed by atoms with Gasteiger partial charge in [-0.15, -0.1) is 0 Å². The molecule has 0 spiro atoms. The maximum Gasteiger partial charge on any atom is 0.275 e. The fraction of sp³-hybridized carbons (Fsp3) is 0.211. The molecule has 112 valence electrons. The minimum atomic E-state index is 0.0257. The summed E-state index contributed by atoms with van der Waals surface area (Å²) in [5.74, 6) is 0. The lowest BCUT2D eigenvalue weighted by Crippen LogP contribution is -2.19. The van der Waals surface area contributed by atoms with Crippen molar-refractivity contribution in [2.75, 3.05) is 0 Å². The first-order valence-corrected chi connectivity index (χ1v) is 7.55. The van der Waals surface area contributed by atoms with Crippen molar-refractivity contribution >= 4 is 0 Å². The fourth-order valence-electron chi connectivity index (χ4n) is 2.62. The largest absolute Gasteiger partial charge is 0.294 e. The number of rotatable bonds is 3. The Morgan fingerprint density at radius 3 is 2.14 bits per heavy atom. The summed E-state index contributed by atoms with van der Waals surface area (Å²) in [5.41, 5.74) is 4.80. The van der Waals surface area contributed by atoms with Crippen molar-refractivity contribution in [2.45, 2.75) is 26.8 Å². The van der Waals surface area contributed by atoms with Gasteiger partial charge in [0.1, 0.15) is 0 Å². The number of aromatic nitrogens is 2. The number of aryl methyl sites for hydroxylation is 1. The lowest BCUT2D eigenvalue weighted by atomic mass is 10.0. The predicted octanol–water partition coefficient (Wildman–Crippen LogP) is 4.40. The highest BCUT2D eigenvalue weighted by Gasteiger charge is 2.18. The average molecular weight is 292 g/mol. The Kier molecular flexibility index (Phi) is 3.72. The molecule has 3 aromatic rings. The summed E-state index contributed by atoms with van der Waals surface area (Å²) in [6.45, 7) is 6.06. The van der Waals surface area contributed by atoms with Crippen LogP contribution < -0.4 is 5.56 Å². The monoisotopic (exact) mass is 292 g/mol. The molecule has 22 heavy (non-hydrogen) atoms. The smallest absolute Gasteiger partial charge is 0.275 e. The zero-order valence-electron chi connectivity index (χ0n) is 13.1. The number of aromatic amines is 1. The third-order valence-corrected chi connectivity index (χ3v) is 3.83. The summed E-state index contributed by atoms with van der Waals surface area (Å²) < 4.78 is 1.69. The van der Waals surface area contributed by atoms with E-state index in [2.05, 4.69) is 5.10 Å². The second-order valence-corrected chi connectivity index (χ2v) is 5.86. The normalized spacial score (nSPS) is 11.1. The molecule has 0 aliphatic carbocycles. The number of hydrogen-bond donors (Lipinski definition) is 1. The Morgan fingerprint density at radius 2 is 1.55 bits per heavy atom. The van der Waals surface area contributed by atoms with Crippen LogP contribution in [0, 0.1) is 6.92 Å². The second kappa shape index (κ2) is 5.68. The van der Waals surface area contributed by atoms with Crippen LogP contribution >= 0.6 is 0 Å². The minimum absolute atomic E-state index is 0.0257. The quantitative estimate of drug-likeness (QED) is 0.763. The molecule has 0 aliphatic rings. The van der Waals surface area contributed by atoms with E-state index < -0.39 is 0 Å². The molecule has 0 aliphatic heterocycles. The molecule has 0 fully saturated rings. The summed E-state index contributed by atoms with van der Waals surface area (Å²) in [4.78, 5) is 12.8. The van der Waals surface area contributed by atoms with Gasteiger partial charge in [-0.3, -0.25) is 9.89 Å². The van der Waals surface area contributed by atoms with Crippen LogP contribution in [-0.4, -0.2) is 9.78 Å². The molecule has 0 saturated heterocycles. The van der Waals surface area contributed by atoms with Gasteiger partial charge in [0.15, 0.2) is 0 Å². The van der Waals surface area contributed by atoms with Gasteiger partial charge in [-0.1, -0.05) is 60.2 Å². The first-order chi connectivity index (χ1) is 10.6. The third kappa shape index (κ3) is 2.50. The van der Waals surface area contributed by atoms with Gasteiger partial charge in [-0.2, -0.15) is 0 Å². The van der Waals surface area contributed by atoms with Gasteiger partial charge in [0.05, 0.1) is 11.3 Å². The number of benzene rings is 2. The predicted molar refractivity (Wildman–Crippen MR) is 91.0 cm³/mol. The molecule has 3 rings (SSSR count). The maximum atomic E-state index is 12.8. The van der Waals surface area contributed by atoms with Gasteiger partial charge < -0.3 is 0 Å². The van der Waals surface area contributed by atoms with Crippen molar-refractivity contribution in [2.24, 2.45) is 0 Å². The van der Waals surface area contributed by atoms with Crippen molar-refractivity contribution in [1.29, 1.82) is 0 Å². The molecule has 2 aromatic carbocycles. The molecule has 1 N–H and O–H groups in total. The van der Waals surface area contributed by atoms with Gasteiger partial charge in [0.2, 0.25) is 0 Å². The van der Waals surface area contributed by atoms with E-state index in [0.29, 0.717) is 0 Å². The molecule has 0 amide bonds. The molecule has 0 radical (unpaired) electrons. The standard InChI is InChI=1S/C19H20N2O/c1-13(2)21-19(22)17(15-11-9-14(3)10-12-15)18(20-21)16-7-5-4-6-8-16/h4-13,20H,1-3H3. The Hall–Kier alpha value is -2.55. The lowest BCUT2D eigenvalue weighted by molar-refractivity contribution is 0.518. The van der Waals surface area contributed by atoms with E-state index in [1.165, 1.54) is 5.56 Å². The molecule has 0 saturated carbocycles. The summed E-state index contributed by atoms with van der Waals surface area (Å²) in [5, 5.41) is 3.28. The van der Waals surface area contributed by atoms with Crippen LogP contribution in [0.3, 0.4) is 0 Å². The molecule has 1 aromatic heterocycles. The van der Waals surface area contributed by atoms with Gasteiger partial charge in [0.25, 0.3) is 5.56 Å². The molecule has 3 heteroatoms. The summed E-state index contributed by atoms with van der Waals surface area (Å²) in [7, 11) is 0. The molecular weight excluding hydrogens is 272 g/mol. The molecule has 3 nitrogen and oxygen atoms in total. The van der Waals surface area contributed by atoms with Crippen LogP contribution in [0.1, 0.15) is 25.5 Å². The highest BCUT2D eigenvalue weighted by atomic mass is 16.1. The Morgan fingerprint density at radius 1 is 0.909 bits per heavy atom. The molecule has 0 bridgehead atoms. The highest BCUT2D eigenvalue weighted by Crippen LogP contribution is 2.28. The zero-order chi connectivity index (χ0) is 15.7. The number of hydrogen-bond acceptors (Lipinski definition) is 1. The Bertz CT molecular complexity index is 824. The van der Waals surface area contributed by atoms with Crippen molar-refractivity contribution in [3.63, 3.8) is 0 Å². The Balaban J connectivity index is 2.27. The second-order valence-electron chi connectivity index (χ2n) is 5.86. The van der Waals surface area contributed by atoms with E-state index in [4.69, 9.17) is 0 Å². The molecule has 0 atom stereocenters. The van der Waals surface area contributed by atoms with Gasteiger partial charge in [0, 0.05) is 11.6 Å². The van der Waals surface area contributed by atoms with E-state index in [9.17, 15) is 4.79 Å². The van der Waals surface area contributed by atoms with Crippen LogP contribution in [0.15, 0.2) is 59.4 Å². The van der Waals surface area contributed by atoms with Gasteiger partial charge in [-0.05, 0) is 26.3 Å². The lowest BCUT2D eigenvalue weighted by Gasteiger charge is -2.04. The first kappa shape index (κ1) is 14.4.